The molecule has 0 aliphatic rings. The van der Waals surface area contributed by atoms with Gasteiger partial charge in [0.05, 0.1) is 10.6 Å². The van der Waals surface area contributed by atoms with E-state index in [-0.39, 0.29) is 5.91 Å². The summed E-state index contributed by atoms with van der Waals surface area (Å²) in [6.07, 6.45) is 0. The van der Waals surface area contributed by atoms with Crippen LogP contribution < -0.4 is 5.32 Å². The van der Waals surface area contributed by atoms with Crippen LogP contribution in [0.5, 0.6) is 0 Å². The summed E-state index contributed by atoms with van der Waals surface area (Å²) in [5.41, 5.74) is 1.06. The minimum Gasteiger partial charge on any atom is -0.460 e. The molecule has 1 N–H and O–H groups in total. The summed E-state index contributed by atoms with van der Waals surface area (Å²) in [5.74, 6) is 1.59. The van der Waals surface area contributed by atoms with E-state index in [9.17, 15) is 4.79 Å². The summed E-state index contributed by atoms with van der Waals surface area (Å²) in [7, 11) is 0. The van der Waals surface area contributed by atoms with Gasteiger partial charge < -0.3 is 14.3 Å². The van der Waals surface area contributed by atoms with Gasteiger partial charge in [0, 0.05) is 16.7 Å². The van der Waals surface area contributed by atoms with Crippen molar-refractivity contribution in [1.29, 1.82) is 0 Å². The van der Waals surface area contributed by atoms with Gasteiger partial charge in [-0.2, -0.15) is 0 Å². The highest BCUT2D eigenvalue weighted by Gasteiger charge is 2.18. The Kier molecular flexibility index (Phi) is 4.15. The maximum Gasteiger partial charge on any atom is 0.260 e. The molecule has 23 heavy (non-hydrogen) atoms. The Hall–Kier alpha value is -2.24. The summed E-state index contributed by atoms with van der Waals surface area (Å²) >= 11 is 12.1. The van der Waals surface area contributed by atoms with Gasteiger partial charge in [0.1, 0.15) is 17.3 Å². The molecule has 1 amide bonds. The Morgan fingerprint density at radius 3 is 2.61 bits per heavy atom. The number of nitrogens with one attached hydrogen (secondary N) is 1. The first-order chi connectivity index (χ1) is 10.9. The van der Waals surface area contributed by atoms with Gasteiger partial charge >= 0.3 is 0 Å². The van der Waals surface area contributed by atoms with E-state index in [2.05, 4.69) is 10.5 Å². The topological polar surface area (TPSA) is 68.3 Å². The lowest BCUT2D eigenvalue weighted by atomic mass is 10.1. The Bertz CT molecular complexity index is 883. The average molecular weight is 351 g/mol. The number of anilines is 1. The quantitative estimate of drug-likeness (QED) is 0.712. The number of hydrogen-bond donors (Lipinski definition) is 1. The molecule has 7 heteroatoms. The van der Waals surface area contributed by atoms with Crippen molar-refractivity contribution < 1.29 is 13.7 Å². The summed E-state index contributed by atoms with van der Waals surface area (Å²) in [5, 5.41) is 7.36. The van der Waals surface area contributed by atoms with E-state index in [0.717, 1.165) is 0 Å². The third kappa shape index (κ3) is 3.25. The van der Waals surface area contributed by atoms with Gasteiger partial charge in [0.25, 0.3) is 5.91 Å². The van der Waals surface area contributed by atoms with Crippen LogP contribution in [0.15, 0.2) is 39.3 Å². The molecule has 0 saturated heterocycles. The molecule has 3 aromatic rings. The monoisotopic (exact) mass is 350 g/mol. The van der Waals surface area contributed by atoms with Gasteiger partial charge in [0.15, 0.2) is 5.82 Å². The van der Waals surface area contributed by atoms with Crippen molar-refractivity contribution >= 4 is 34.9 Å². The van der Waals surface area contributed by atoms with E-state index < -0.39 is 0 Å². The molecule has 0 unspecified atom stereocenters. The first kappa shape index (κ1) is 15.6. The minimum atomic E-state index is -0.337. The molecule has 0 atom stereocenters. The SMILES string of the molecule is Cc1cc(NC(=O)c2cc(-c3ccc(Cl)cc3Cl)oc2C)no1. The fourth-order valence-corrected chi connectivity index (χ4v) is 2.64. The van der Waals surface area contributed by atoms with Crippen molar-refractivity contribution in [2.45, 2.75) is 13.8 Å². The highest BCUT2D eigenvalue weighted by atomic mass is 35.5. The predicted molar refractivity (Wildman–Crippen MR) is 88.1 cm³/mol. The third-order valence-corrected chi connectivity index (χ3v) is 3.78. The number of carbonyl (C=O) groups excluding carboxylic acids is 1. The Morgan fingerprint density at radius 2 is 1.96 bits per heavy atom. The van der Waals surface area contributed by atoms with Crippen LogP contribution >= 0.6 is 23.2 Å². The number of benzene rings is 1. The zero-order valence-electron chi connectivity index (χ0n) is 12.3. The van der Waals surface area contributed by atoms with Gasteiger partial charge in [-0.25, -0.2) is 0 Å². The lowest BCUT2D eigenvalue weighted by Crippen LogP contribution is -2.12. The van der Waals surface area contributed by atoms with Crippen molar-refractivity contribution in [2.24, 2.45) is 0 Å². The fraction of sp³-hybridized carbons (Fsp3) is 0.125. The van der Waals surface area contributed by atoms with E-state index in [1.165, 1.54) is 0 Å². The first-order valence-electron chi connectivity index (χ1n) is 6.74. The highest BCUT2D eigenvalue weighted by molar-refractivity contribution is 6.36. The second-order valence-corrected chi connectivity index (χ2v) is 5.83. The number of hydrogen-bond acceptors (Lipinski definition) is 4. The summed E-state index contributed by atoms with van der Waals surface area (Å²) in [4.78, 5) is 12.3. The van der Waals surface area contributed by atoms with Gasteiger partial charge in [-0.15, -0.1) is 0 Å². The van der Waals surface area contributed by atoms with Crippen molar-refractivity contribution in [1.82, 2.24) is 5.16 Å². The molecule has 0 bridgehead atoms. The van der Waals surface area contributed by atoms with Crippen LogP contribution in [-0.2, 0) is 0 Å². The molecule has 0 fully saturated rings. The number of furan rings is 1. The minimum absolute atomic E-state index is 0.337. The third-order valence-electron chi connectivity index (χ3n) is 3.23. The van der Waals surface area contributed by atoms with E-state index in [1.807, 2.05) is 0 Å². The second-order valence-electron chi connectivity index (χ2n) is 4.98. The number of halogens is 2. The van der Waals surface area contributed by atoms with Crippen molar-refractivity contribution in [3.05, 3.63) is 57.5 Å². The van der Waals surface area contributed by atoms with E-state index in [1.54, 1.807) is 44.2 Å². The smallest absolute Gasteiger partial charge is 0.260 e. The number of aromatic nitrogens is 1. The lowest BCUT2D eigenvalue weighted by Gasteiger charge is -2.00. The van der Waals surface area contributed by atoms with Crippen LogP contribution in [0.2, 0.25) is 10.0 Å². The first-order valence-corrected chi connectivity index (χ1v) is 7.50. The highest BCUT2D eigenvalue weighted by Crippen LogP contribution is 2.33. The van der Waals surface area contributed by atoms with Crippen LogP contribution in [0.3, 0.4) is 0 Å². The van der Waals surface area contributed by atoms with Crippen LogP contribution in [0.1, 0.15) is 21.9 Å². The molecule has 3 rings (SSSR count). The Labute approximate surface area is 142 Å². The molecule has 5 nitrogen and oxygen atoms in total. The fourth-order valence-electron chi connectivity index (χ4n) is 2.14. The van der Waals surface area contributed by atoms with Crippen molar-refractivity contribution in [2.75, 3.05) is 5.32 Å². The molecule has 118 valence electrons. The van der Waals surface area contributed by atoms with Gasteiger partial charge in [-0.05, 0) is 38.1 Å². The van der Waals surface area contributed by atoms with E-state index >= 15 is 0 Å². The summed E-state index contributed by atoms with van der Waals surface area (Å²) in [6, 6.07) is 8.33. The van der Waals surface area contributed by atoms with Crippen LogP contribution in [0, 0.1) is 13.8 Å². The molecule has 1 aromatic carbocycles. The Balaban J connectivity index is 1.90. The number of carbonyl (C=O) groups is 1. The normalized spacial score (nSPS) is 10.8. The number of rotatable bonds is 3. The van der Waals surface area contributed by atoms with E-state index in [0.29, 0.717) is 44.3 Å². The molecule has 0 saturated carbocycles. The van der Waals surface area contributed by atoms with E-state index in [4.69, 9.17) is 32.1 Å². The molecule has 2 aromatic heterocycles. The maximum absolute atomic E-state index is 12.3. The standard InChI is InChI=1S/C16H12Cl2N2O3/c1-8-5-15(20-23-8)19-16(21)12-7-14(22-9(12)2)11-4-3-10(17)6-13(11)18/h3-7H,1-2H3,(H,19,20,21). The zero-order valence-corrected chi connectivity index (χ0v) is 13.8. The summed E-state index contributed by atoms with van der Waals surface area (Å²) in [6.45, 7) is 3.45. The lowest BCUT2D eigenvalue weighted by molar-refractivity contribution is 0.102. The Morgan fingerprint density at radius 1 is 1.17 bits per heavy atom. The largest absolute Gasteiger partial charge is 0.460 e. The number of nitrogens with zero attached hydrogens (tertiary/aromatic N) is 1. The second kappa shape index (κ2) is 6.10. The zero-order chi connectivity index (χ0) is 16.6. The molecule has 0 aliphatic carbocycles. The van der Waals surface area contributed by atoms with Crippen molar-refractivity contribution in [3.63, 3.8) is 0 Å². The maximum atomic E-state index is 12.3. The molecular formula is C16H12Cl2N2O3. The van der Waals surface area contributed by atoms with Gasteiger partial charge in [-0.1, -0.05) is 28.4 Å². The predicted octanol–water partition coefficient (Wildman–Crippen LogP) is 5.11. The van der Waals surface area contributed by atoms with Crippen LogP contribution in [-0.4, -0.2) is 11.1 Å². The molecule has 0 spiro atoms. The van der Waals surface area contributed by atoms with Gasteiger partial charge in [-0.3, -0.25) is 4.79 Å². The number of aryl methyl sites for hydroxylation is 2. The number of amides is 1. The van der Waals surface area contributed by atoms with Crippen LogP contribution in [0.4, 0.5) is 5.82 Å². The molecule has 2 heterocycles. The average Bonchev–Trinajstić information content (AvgIpc) is 3.05. The van der Waals surface area contributed by atoms with Crippen LogP contribution in [0.25, 0.3) is 11.3 Å². The molecular weight excluding hydrogens is 339 g/mol. The molecule has 0 aliphatic heterocycles. The van der Waals surface area contributed by atoms with Gasteiger partial charge in [0.2, 0.25) is 0 Å². The van der Waals surface area contributed by atoms with Crippen molar-refractivity contribution in [3.8, 4) is 11.3 Å². The summed E-state index contributed by atoms with van der Waals surface area (Å²) < 4.78 is 10.6. The molecule has 0 radical (unpaired) electrons.